The zero-order valence-electron chi connectivity index (χ0n) is 23.7. The first-order chi connectivity index (χ1) is 20.4. The van der Waals surface area contributed by atoms with Crippen LogP contribution in [0.3, 0.4) is 0 Å². The van der Waals surface area contributed by atoms with Crippen molar-refractivity contribution in [2.24, 2.45) is 0 Å². The zero-order chi connectivity index (χ0) is 31.2. The molecule has 236 valence electrons. The Hall–Kier alpha value is -3.05. The average molecular weight is 609 g/mol. The van der Waals surface area contributed by atoms with Crippen molar-refractivity contribution in [3.05, 3.63) is 46.5 Å². The molecule has 14 nitrogen and oxygen atoms in total. The fourth-order valence-corrected chi connectivity index (χ4v) is 5.41. The monoisotopic (exact) mass is 608 g/mol. The molecule has 0 saturated carbocycles. The molecule has 0 amide bonds. The Bertz CT molecular complexity index is 1330. The van der Waals surface area contributed by atoms with Crippen molar-refractivity contribution in [3.63, 3.8) is 0 Å². The summed E-state index contributed by atoms with van der Waals surface area (Å²) < 4.78 is 33.7. The maximum absolute atomic E-state index is 13.2. The number of aliphatic hydroxyl groups is 6. The van der Waals surface area contributed by atoms with Crippen LogP contribution < -0.4 is 14.2 Å². The number of rotatable bonds is 8. The van der Waals surface area contributed by atoms with E-state index in [-0.39, 0.29) is 40.6 Å². The first-order valence-corrected chi connectivity index (χ1v) is 13.7. The highest BCUT2D eigenvalue weighted by Gasteiger charge is 2.50. The summed E-state index contributed by atoms with van der Waals surface area (Å²) in [5.74, 6) is 0.0285. The van der Waals surface area contributed by atoms with Gasteiger partial charge in [0.05, 0.1) is 33.4 Å². The Kier molecular flexibility index (Phi) is 8.87. The molecule has 9 atom stereocenters. The molecule has 14 heteroatoms. The summed E-state index contributed by atoms with van der Waals surface area (Å²) in [6.07, 6.45) is -11.7. The molecule has 3 aliphatic rings. The van der Waals surface area contributed by atoms with Crippen molar-refractivity contribution in [1.82, 2.24) is 0 Å². The van der Waals surface area contributed by atoms with Gasteiger partial charge in [0.15, 0.2) is 12.1 Å². The summed E-state index contributed by atoms with van der Waals surface area (Å²) in [7, 11) is 1.54. The molecule has 0 aromatic heterocycles. The van der Waals surface area contributed by atoms with E-state index in [0.29, 0.717) is 16.9 Å². The number of phenols is 1. The second-order valence-corrected chi connectivity index (χ2v) is 11.0. The summed E-state index contributed by atoms with van der Waals surface area (Å²) >= 11 is 0. The minimum absolute atomic E-state index is 0.00286. The van der Waals surface area contributed by atoms with Crippen LogP contribution in [0.15, 0.2) is 24.3 Å². The van der Waals surface area contributed by atoms with E-state index in [0.717, 1.165) is 0 Å². The molecule has 2 aromatic carbocycles. The van der Waals surface area contributed by atoms with Gasteiger partial charge in [0.1, 0.15) is 70.8 Å². The highest BCUT2D eigenvalue weighted by Crippen LogP contribution is 2.48. The summed E-state index contributed by atoms with van der Waals surface area (Å²) in [6.45, 7) is 1.46. The second kappa shape index (κ2) is 12.1. The largest absolute Gasteiger partial charge is 0.507 e. The molecule has 5 rings (SSSR count). The van der Waals surface area contributed by atoms with Crippen LogP contribution in [-0.2, 0) is 14.2 Å². The number of hydrogen-bond donors (Lipinski definition) is 7. The summed E-state index contributed by atoms with van der Waals surface area (Å²) in [5.41, 5.74) is -0.742. The molecular weight excluding hydrogens is 572 g/mol. The van der Waals surface area contributed by atoms with Gasteiger partial charge in [-0.05, 0) is 31.5 Å². The number of Topliss-reactive ketones (excluding diaryl/α,β-unsaturated/α-hetero) is 1. The molecule has 2 fully saturated rings. The van der Waals surface area contributed by atoms with E-state index in [1.807, 2.05) is 0 Å². The highest BCUT2D eigenvalue weighted by molar-refractivity contribution is 6.03. The zero-order valence-corrected chi connectivity index (χ0v) is 23.7. The molecule has 0 spiro atoms. The molecule has 0 unspecified atom stereocenters. The second-order valence-electron chi connectivity index (χ2n) is 11.0. The van der Waals surface area contributed by atoms with Crippen molar-refractivity contribution in [2.45, 2.75) is 75.1 Å². The lowest BCUT2D eigenvalue weighted by molar-refractivity contribution is -0.289. The van der Waals surface area contributed by atoms with Crippen LogP contribution in [0.2, 0.25) is 0 Å². The topological polar surface area (TPSA) is 214 Å². The van der Waals surface area contributed by atoms with Gasteiger partial charge in [0, 0.05) is 11.1 Å². The number of benzene rings is 2. The van der Waals surface area contributed by atoms with Crippen molar-refractivity contribution in [2.75, 3.05) is 26.9 Å². The maximum atomic E-state index is 13.2. The van der Waals surface area contributed by atoms with Crippen LogP contribution in [0, 0.1) is 13.8 Å². The Morgan fingerprint density at radius 1 is 1.00 bits per heavy atom. The van der Waals surface area contributed by atoms with Crippen molar-refractivity contribution >= 4 is 5.78 Å². The first-order valence-electron chi connectivity index (χ1n) is 13.7. The van der Waals surface area contributed by atoms with Gasteiger partial charge in [0.2, 0.25) is 6.29 Å². The van der Waals surface area contributed by atoms with Crippen LogP contribution in [0.4, 0.5) is 0 Å². The summed E-state index contributed by atoms with van der Waals surface area (Å²) in [4.78, 5) is 13.2. The van der Waals surface area contributed by atoms with E-state index in [2.05, 4.69) is 0 Å². The van der Waals surface area contributed by atoms with Crippen molar-refractivity contribution < 1.29 is 69.0 Å². The molecule has 43 heavy (non-hydrogen) atoms. The SMILES string of the molecule is COc1ccc([C@@H]2CC(=O)c3c(O)c(C)c(O[C@H]4O[C@@H](CO[C@H]5OC[C@@](O)(CO)[C@@H]5O)[C@H](O)[C@@H](O)[C@@H]4O)c(C)c3O2)cc1. The fourth-order valence-electron chi connectivity index (χ4n) is 5.41. The van der Waals surface area contributed by atoms with Gasteiger partial charge >= 0.3 is 0 Å². The quantitative estimate of drug-likeness (QED) is 0.199. The molecule has 0 bridgehead atoms. The van der Waals surface area contributed by atoms with E-state index in [1.165, 1.54) is 14.0 Å². The molecule has 3 aliphatic heterocycles. The lowest BCUT2D eigenvalue weighted by atomic mass is 9.91. The Morgan fingerprint density at radius 2 is 1.70 bits per heavy atom. The smallest absolute Gasteiger partial charge is 0.229 e. The van der Waals surface area contributed by atoms with Gasteiger partial charge < -0.3 is 64.2 Å². The predicted molar refractivity (Wildman–Crippen MR) is 144 cm³/mol. The fraction of sp³-hybridized carbons (Fsp3) is 0.552. The number of fused-ring (bicyclic) bond motifs is 1. The van der Waals surface area contributed by atoms with Gasteiger partial charge in [-0.2, -0.15) is 0 Å². The molecular formula is C29H36O14. The number of carbonyl (C=O) groups excluding carboxylic acids is 1. The van der Waals surface area contributed by atoms with Crippen molar-refractivity contribution in [3.8, 4) is 23.0 Å². The summed E-state index contributed by atoms with van der Waals surface area (Å²) in [6, 6.07) is 7.01. The van der Waals surface area contributed by atoms with E-state index in [4.69, 9.17) is 28.4 Å². The number of aliphatic hydroxyl groups excluding tert-OH is 5. The summed E-state index contributed by atoms with van der Waals surface area (Å²) in [5, 5.41) is 72.4. The molecule has 2 aromatic rings. The Balaban J connectivity index is 1.37. The van der Waals surface area contributed by atoms with E-state index in [9.17, 15) is 40.5 Å². The van der Waals surface area contributed by atoms with Gasteiger partial charge in [-0.25, -0.2) is 0 Å². The van der Waals surface area contributed by atoms with Crippen LogP contribution in [0.25, 0.3) is 0 Å². The van der Waals surface area contributed by atoms with Gasteiger partial charge in [-0.15, -0.1) is 0 Å². The Labute approximate surface area is 246 Å². The standard InChI is InChI=1S/C29H36O14/c1-12-20(32)19-16(31)8-17(14-4-6-15(38-3)7-5-14)41-25(19)13(2)24(12)43-27-23(35)22(34)21(33)18(42-27)9-39-28-26(36)29(37,10-30)11-40-28/h4-7,17-18,21-23,26-28,30,32-37H,8-11H2,1-3H3/t17-,18-,21-,22+,23-,26+,27+,28-,29-/m0/s1. The third kappa shape index (κ3) is 5.66. The molecule has 2 saturated heterocycles. The Morgan fingerprint density at radius 3 is 2.33 bits per heavy atom. The molecule has 0 radical (unpaired) electrons. The average Bonchev–Trinajstić information content (AvgIpc) is 3.30. The van der Waals surface area contributed by atoms with Crippen LogP contribution in [0.1, 0.15) is 39.6 Å². The number of hydrogen-bond acceptors (Lipinski definition) is 14. The lowest BCUT2D eigenvalue weighted by Crippen LogP contribution is -2.60. The number of aromatic hydroxyl groups is 1. The van der Waals surface area contributed by atoms with Crippen LogP contribution in [0.5, 0.6) is 23.0 Å². The third-order valence-electron chi connectivity index (χ3n) is 8.15. The number of ketones is 1. The van der Waals surface area contributed by atoms with E-state index < -0.39 is 74.6 Å². The van der Waals surface area contributed by atoms with Gasteiger partial charge in [0.25, 0.3) is 0 Å². The number of methoxy groups -OCH3 is 1. The van der Waals surface area contributed by atoms with E-state index >= 15 is 0 Å². The normalized spacial score (nSPS) is 34.0. The molecule has 3 heterocycles. The molecule has 7 N–H and O–H groups in total. The van der Waals surface area contributed by atoms with E-state index in [1.54, 1.807) is 31.2 Å². The minimum atomic E-state index is -1.93. The highest BCUT2D eigenvalue weighted by atomic mass is 16.7. The lowest BCUT2D eigenvalue weighted by Gasteiger charge is -2.41. The third-order valence-corrected chi connectivity index (χ3v) is 8.15. The maximum Gasteiger partial charge on any atom is 0.229 e. The van der Waals surface area contributed by atoms with Crippen LogP contribution >= 0.6 is 0 Å². The number of carbonyl (C=O) groups is 1. The first kappa shape index (κ1) is 31.4. The minimum Gasteiger partial charge on any atom is -0.507 e. The van der Waals surface area contributed by atoms with Gasteiger partial charge in [-0.3, -0.25) is 4.79 Å². The van der Waals surface area contributed by atoms with Crippen molar-refractivity contribution in [1.29, 1.82) is 0 Å². The number of phenolic OH excluding ortho intramolecular Hbond substituents is 1. The van der Waals surface area contributed by atoms with Crippen LogP contribution in [-0.4, -0.2) is 117 Å². The molecule has 0 aliphatic carbocycles. The van der Waals surface area contributed by atoms with Gasteiger partial charge in [-0.1, -0.05) is 12.1 Å². The predicted octanol–water partition coefficient (Wildman–Crippen LogP) is -0.632. The number of ether oxygens (including phenoxy) is 6.